The summed E-state index contributed by atoms with van der Waals surface area (Å²) in [7, 11) is 6.16. The second-order valence-electron chi connectivity index (χ2n) is 7.66. The van der Waals surface area contributed by atoms with Gasteiger partial charge in [-0.15, -0.1) is 0 Å². The van der Waals surface area contributed by atoms with Crippen molar-refractivity contribution >= 4 is 23.4 Å². The molecule has 0 radical (unpaired) electrons. The summed E-state index contributed by atoms with van der Waals surface area (Å²) in [6.07, 6.45) is 1.16. The van der Waals surface area contributed by atoms with Gasteiger partial charge in [0.1, 0.15) is 5.75 Å². The van der Waals surface area contributed by atoms with Crippen LogP contribution in [0.15, 0.2) is 30.3 Å². The summed E-state index contributed by atoms with van der Waals surface area (Å²) in [5.41, 5.74) is 1.26. The highest BCUT2D eigenvalue weighted by Crippen LogP contribution is 2.38. The van der Waals surface area contributed by atoms with Gasteiger partial charge < -0.3 is 29.2 Å². The predicted molar refractivity (Wildman–Crippen MR) is 125 cm³/mol. The number of carbonyl (C=O) groups excluding carboxylic acids is 2. The number of piperidine rings is 1. The Morgan fingerprint density at radius 3 is 2.09 bits per heavy atom. The van der Waals surface area contributed by atoms with Gasteiger partial charge in [0.2, 0.25) is 11.7 Å². The number of hydrogen-bond donors (Lipinski definition) is 1. The molecule has 0 aliphatic carbocycles. The Morgan fingerprint density at radius 1 is 0.939 bits per heavy atom. The van der Waals surface area contributed by atoms with Crippen LogP contribution in [0.2, 0.25) is 5.02 Å². The summed E-state index contributed by atoms with van der Waals surface area (Å²) in [5, 5.41) is 3.45. The fourth-order valence-corrected chi connectivity index (χ4v) is 4.11. The molecule has 2 aromatic carbocycles. The fraction of sp³-hybridized carbons (Fsp3) is 0.417. The molecule has 8 nitrogen and oxygen atoms in total. The number of methoxy groups -OCH3 is 4. The maximum Gasteiger partial charge on any atom is 0.257 e. The molecule has 1 aliphatic heterocycles. The first-order chi connectivity index (χ1) is 15.9. The van der Waals surface area contributed by atoms with E-state index >= 15 is 0 Å². The highest BCUT2D eigenvalue weighted by Gasteiger charge is 2.29. The molecule has 0 aromatic heterocycles. The number of amides is 2. The number of halogens is 1. The van der Waals surface area contributed by atoms with Gasteiger partial charge in [-0.3, -0.25) is 9.59 Å². The van der Waals surface area contributed by atoms with Gasteiger partial charge in [0.25, 0.3) is 5.91 Å². The summed E-state index contributed by atoms with van der Waals surface area (Å²) < 4.78 is 21.4. The lowest BCUT2D eigenvalue weighted by Gasteiger charge is -2.31. The third kappa shape index (κ3) is 5.63. The van der Waals surface area contributed by atoms with Crippen LogP contribution >= 0.6 is 11.6 Å². The number of carbonyl (C=O) groups is 2. The van der Waals surface area contributed by atoms with E-state index in [1.54, 1.807) is 56.6 Å². The summed E-state index contributed by atoms with van der Waals surface area (Å²) in [6.45, 7) is 1.29. The molecule has 1 aliphatic rings. The summed E-state index contributed by atoms with van der Waals surface area (Å²) in [4.78, 5) is 27.4. The number of nitrogens with one attached hydrogen (secondary N) is 1. The first-order valence-corrected chi connectivity index (χ1v) is 11.0. The maximum atomic E-state index is 12.9. The van der Waals surface area contributed by atoms with E-state index in [4.69, 9.17) is 30.5 Å². The molecule has 178 valence electrons. The number of hydrogen-bond acceptors (Lipinski definition) is 6. The molecular formula is C24H29ClN2O6. The molecule has 0 atom stereocenters. The quantitative estimate of drug-likeness (QED) is 0.627. The fourth-order valence-electron chi connectivity index (χ4n) is 3.93. The average molecular weight is 477 g/mol. The second-order valence-corrected chi connectivity index (χ2v) is 8.10. The van der Waals surface area contributed by atoms with Crippen LogP contribution in [0, 0.1) is 5.92 Å². The average Bonchev–Trinajstić information content (AvgIpc) is 2.86. The van der Waals surface area contributed by atoms with Crippen LogP contribution in [0.5, 0.6) is 23.0 Å². The van der Waals surface area contributed by atoms with Crippen molar-refractivity contribution < 1.29 is 28.5 Å². The molecule has 0 saturated carbocycles. The van der Waals surface area contributed by atoms with Crippen LogP contribution in [-0.4, -0.2) is 58.2 Å². The van der Waals surface area contributed by atoms with Crippen molar-refractivity contribution in [3.63, 3.8) is 0 Å². The van der Waals surface area contributed by atoms with Gasteiger partial charge >= 0.3 is 0 Å². The minimum Gasteiger partial charge on any atom is -0.496 e. The maximum absolute atomic E-state index is 12.9. The zero-order valence-electron chi connectivity index (χ0n) is 19.3. The standard InChI is InChI=1S/C24H29ClN2O6/c1-30-19-6-5-17(25)13-18(19)24(29)27-9-7-16(8-10-27)23(28)26-14-15-11-20(31-2)22(33-4)21(12-15)32-3/h5-6,11-13,16H,7-10,14H2,1-4H3,(H,26,28). The lowest BCUT2D eigenvalue weighted by Crippen LogP contribution is -2.43. The predicted octanol–water partition coefficient (Wildman–Crippen LogP) is 3.54. The molecule has 0 bridgehead atoms. The van der Waals surface area contributed by atoms with Crippen molar-refractivity contribution in [2.24, 2.45) is 5.92 Å². The van der Waals surface area contributed by atoms with Crippen LogP contribution < -0.4 is 24.3 Å². The SMILES string of the molecule is COc1ccc(Cl)cc1C(=O)N1CCC(C(=O)NCc2cc(OC)c(OC)c(OC)c2)CC1. The number of nitrogens with zero attached hydrogens (tertiary/aromatic N) is 1. The Kier molecular flexibility index (Phi) is 8.27. The molecule has 0 unspecified atom stereocenters. The van der Waals surface area contributed by atoms with E-state index in [2.05, 4.69) is 5.32 Å². The zero-order chi connectivity index (χ0) is 24.0. The van der Waals surface area contributed by atoms with Crippen molar-refractivity contribution in [2.45, 2.75) is 19.4 Å². The van der Waals surface area contributed by atoms with Crippen LogP contribution in [0.1, 0.15) is 28.8 Å². The van der Waals surface area contributed by atoms with Crippen molar-refractivity contribution in [1.29, 1.82) is 0 Å². The first kappa shape index (κ1) is 24.5. The van der Waals surface area contributed by atoms with Crippen LogP contribution in [0.4, 0.5) is 0 Å². The number of benzene rings is 2. The topological polar surface area (TPSA) is 86.3 Å². The Bertz CT molecular complexity index is 979. The number of ether oxygens (including phenoxy) is 4. The van der Waals surface area contributed by atoms with E-state index in [1.807, 2.05) is 0 Å². The molecule has 1 N–H and O–H groups in total. The molecule has 9 heteroatoms. The third-order valence-electron chi connectivity index (χ3n) is 5.74. The Hall–Kier alpha value is -3.13. The van der Waals surface area contributed by atoms with E-state index in [1.165, 1.54) is 7.11 Å². The summed E-state index contributed by atoms with van der Waals surface area (Å²) in [5.74, 6) is 1.69. The summed E-state index contributed by atoms with van der Waals surface area (Å²) in [6, 6.07) is 8.59. The largest absolute Gasteiger partial charge is 0.496 e. The summed E-state index contributed by atoms with van der Waals surface area (Å²) >= 11 is 6.06. The minimum atomic E-state index is -0.169. The van der Waals surface area contributed by atoms with Crippen molar-refractivity contribution in [3.05, 3.63) is 46.5 Å². The smallest absolute Gasteiger partial charge is 0.257 e. The first-order valence-electron chi connectivity index (χ1n) is 10.6. The van der Waals surface area contributed by atoms with Gasteiger partial charge in [0.05, 0.1) is 34.0 Å². The number of rotatable bonds is 8. The van der Waals surface area contributed by atoms with E-state index in [-0.39, 0.29) is 17.7 Å². The van der Waals surface area contributed by atoms with Gasteiger partial charge in [0, 0.05) is 30.6 Å². The second kappa shape index (κ2) is 11.1. The normalized spacial score (nSPS) is 13.9. The lowest BCUT2D eigenvalue weighted by atomic mass is 9.95. The molecule has 0 spiro atoms. The third-order valence-corrected chi connectivity index (χ3v) is 5.97. The van der Waals surface area contributed by atoms with E-state index in [0.29, 0.717) is 66.1 Å². The Labute approximate surface area is 198 Å². The minimum absolute atomic E-state index is 0.0452. The van der Waals surface area contributed by atoms with Crippen molar-refractivity contribution in [3.8, 4) is 23.0 Å². The van der Waals surface area contributed by atoms with Crippen LogP contribution in [0.3, 0.4) is 0 Å². The molecule has 3 rings (SSSR count). The van der Waals surface area contributed by atoms with E-state index < -0.39 is 0 Å². The van der Waals surface area contributed by atoms with E-state index in [9.17, 15) is 9.59 Å². The molecule has 2 aromatic rings. The molecule has 33 heavy (non-hydrogen) atoms. The van der Waals surface area contributed by atoms with Crippen molar-refractivity contribution in [1.82, 2.24) is 10.2 Å². The van der Waals surface area contributed by atoms with Gasteiger partial charge in [-0.05, 0) is 48.7 Å². The van der Waals surface area contributed by atoms with Gasteiger partial charge in [0.15, 0.2) is 11.5 Å². The molecular weight excluding hydrogens is 448 g/mol. The monoisotopic (exact) mass is 476 g/mol. The molecule has 1 saturated heterocycles. The Balaban J connectivity index is 1.58. The van der Waals surface area contributed by atoms with Gasteiger partial charge in [-0.2, -0.15) is 0 Å². The van der Waals surface area contributed by atoms with Gasteiger partial charge in [-0.25, -0.2) is 0 Å². The Morgan fingerprint density at radius 2 is 1.55 bits per heavy atom. The van der Waals surface area contributed by atoms with Crippen LogP contribution in [-0.2, 0) is 11.3 Å². The van der Waals surface area contributed by atoms with Crippen molar-refractivity contribution in [2.75, 3.05) is 41.5 Å². The molecule has 1 fully saturated rings. The molecule has 1 heterocycles. The highest BCUT2D eigenvalue weighted by atomic mass is 35.5. The lowest BCUT2D eigenvalue weighted by molar-refractivity contribution is -0.126. The number of likely N-dealkylation sites (tertiary alicyclic amines) is 1. The van der Waals surface area contributed by atoms with Crippen LogP contribution in [0.25, 0.3) is 0 Å². The van der Waals surface area contributed by atoms with E-state index in [0.717, 1.165) is 5.56 Å². The van der Waals surface area contributed by atoms with Gasteiger partial charge in [-0.1, -0.05) is 11.6 Å². The highest BCUT2D eigenvalue weighted by molar-refractivity contribution is 6.31. The zero-order valence-corrected chi connectivity index (χ0v) is 20.0. The molecule has 2 amide bonds.